The minimum absolute atomic E-state index is 0.133. The van der Waals surface area contributed by atoms with Crippen molar-refractivity contribution in [2.75, 3.05) is 5.32 Å². The molecule has 2 nitrogen and oxygen atoms in total. The van der Waals surface area contributed by atoms with Gasteiger partial charge in [-0.15, -0.1) is 0 Å². The Hall–Kier alpha value is -2.32. The van der Waals surface area contributed by atoms with Crippen molar-refractivity contribution in [2.24, 2.45) is 5.73 Å². The number of fused-ring (bicyclic) bond motifs is 2. The third-order valence-electron chi connectivity index (χ3n) is 4.38. The molecule has 3 aromatic rings. The van der Waals surface area contributed by atoms with Gasteiger partial charge in [0.15, 0.2) is 0 Å². The Morgan fingerprint density at radius 3 is 2.43 bits per heavy atom. The van der Waals surface area contributed by atoms with E-state index in [9.17, 15) is 0 Å². The van der Waals surface area contributed by atoms with Crippen LogP contribution in [-0.4, -0.2) is 0 Å². The standard InChI is InChI=1S/C19H18N2/c20-17-12-19(16-10-4-3-9-15(16)17)21-18-11-5-7-13-6-1-2-8-14(13)18/h1-11,17,19,21H,12,20H2. The largest absolute Gasteiger partial charge is 0.378 e. The highest BCUT2D eigenvalue weighted by molar-refractivity contribution is 5.93. The first-order valence-electron chi connectivity index (χ1n) is 7.41. The molecule has 0 saturated heterocycles. The van der Waals surface area contributed by atoms with E-state index < -0.39 is 0 Å². The van der Waals surface area contributed by atoms with E-state index in [1.54, 1.807) is 0 Å². The van der Waals surface area contributed by atoms with Gasteiger partial charge in [0.2, 0.25) is 0 Å². The van der Waals surface area contributed by atoms with Crippen LogP contribution in [0, 0.1) is 0 Å². The molecule has 1 aliphatic rings. The van der Waals surface area contributed by atoms with Gasteiger partial charge in [0.1, 0.15) is 0 Å². The zero-order chi connectivity index (χ0) is 14.2. The second-order valence-corrected chi connectivity index (χ2v) is 5.69. The summed E-state index contributed by atoms with van der Waals surface area (Å²) in [4.78, 5) is 0. The third-order valence-corrected chi connectivity index (χ3v) is 4.38. The number of hydrogen-bond acceptors (Lipinski definition) is 2. The van der Waals surface area contributed by atoms with Gasteiger partial charge < -0.3 is 11.1 Å². The molecular formula is C19H18N2. The smallest absolute Gasteiger partial charge is 0.0535 e. The topological polar surface area (TPSA) is 38.0 Å². The van der Waals surface area contributed by atoms with Gasteiger partial charge in [0.25, 0.3) is 0 Å². The number of hydrogen-bond donors (Lipinski definition) is 2. The lowest BCUT2D eigenvalue weighted by molar-refractivity contribution is 0.649. The summed E-state index contributed by atoms with van der Waals surface area (Å²) in [5.41, 5.74) is 10.1. The molecule has 0 saturated carbocycles. The van der Waals surface area contributed by atoms with Gasteiger partial charge in [-0.05, 0) is 29.0 Å². The molecule has 0 bridgehead atoms. The Bertz CT molecular complexity index is 789. The van der Waals surface area contributed by atoms with Gasteiger partial charge in [-0.25, -0.2) is 0 Å². The van der Waals surface area contributed by atoms with E-state index in [1.807, 2.05) is 0 Å². The van der Waals surface area contributed by atoms with Gasteiger partial charge in [0, 0.05) is 17.1 Å². The Labute approximate surface area is 124 Å². The van der Waals surface area contributed by atoms with Crippen LogP contribution < -0.4 is 11.1 Å². The van der Waals surface area contributed by atoms with E-state index in [1.165, 1.54) is 27.6 Å². The molecule has 0 fully saturated rings. The maximum Gasteiger partial charge on any atom is 0.0535 e. The Balaban J connectivity index is 1.73. The summed E-state index contributed by atoms with van der Waals surface area (Å²) in [7, 11) is 0. The maximum absolute atomic E-state index is 6.26. The molecule has 0 aliphatic heterocycles. The van der Waals surface area contributed by atoms with Crippen LogP contribution in [0.15, 0.2) is 66.7 Å². The van der Waals surface area contributed by atoms with Crippen LogP contribution >= 0.6 is 0 Å². The summed E-state index contributed by atoms with van der Waals surface area (Å²) in [6.07, 6.45) is 0.947. The molecule has 0 spiro atoms. The molecule has 104 valence electrons. The zero-order valence-corrected chi connectivity index (χ0v) is 11.8. The Morgan fingerprint density at radius 1 is 0.810 bits per heavy atom. The molecule has 0 radical (unpaired) electrons. The van der Waals surface area contributed by atoms with Gasteiger partial charge >= 0.3 is 0 Å². The van der Waals surface area contributed by atoms with E-state index in [0.717, 1.165) is 6.42 Å². The monoisotopic (exact) mass is 274 g/mol. The van der Waals surface area contributed by atoms with E-state index in [4.69, 9.17) is 5.73 Å². The van der Waals surface area contributed by atoms with Crippen molar-refractivity contribution in [1.29, 1.82) is 0 Å². The van der Waals surface area contributed by atoms with Crippen molar-refractivity contribution >= 4 is 16.5 Å². The fourth-order valence-electron chi connectivity index (χ4n) is 3.35. The molecule has 2 unspecified atom stereocenters. The lowest BCUT2D eigenvalue weighted by atomic mass is 10.1. The lowest BCUT2D eigenvalue weighted by Gasteiger charge is -2.17. The quantitative estimate of drug-likeness (QED) is 0.727. The van der Waals surface area contributed by atoms with Gasteiger partial charge in [-0.1, -0.05) is 60.7 Å². The summed E-state index contributed by atoms with van der Waals surface area (Å²) < 4.78 is 0. The SMILES string of the molecule is NC1CC(Nc2cccc3ccccc23)c2ccccc21. The Kier molecular flexibility index (Phi) is 2.90. The van der Waals surface area contributed by atoms with E-state index in [2.05, 4.69) is 72.0 Å². The normalized spacial score (nSPS) is 20.4. The molecule has 21 heavy (non-hydrogen) atoms. The summed E-state index contributed by atoms with van der Waals surface area (Å²) >= 11 is 0. The number of anilines is 1. The van der Waals surface area contributed by atoms with Crippen LogP contribution in [-0.2, 0) is 0 Å². The predicted molar refractivity (Wildman–Crippen MR) is 88.3 cm³/mol. The molecule has 0 heterocycles. The summed E-state index contributed by atoms with van der Waals surface area (Å²) in [5, 5.41) is 6.21. The van der Waals surface area contributed by atoms with E-state index in [-0.39, 0.29) is 6.04 Å². The third kappa shape index (κ3) is 2.08. The highest BCUT2D eigenvalue weighted by Gasteiger charge is 2.28. The van der Waals surface area contributed by atoms with Crippen LogP contribution in [0.2, 0.25) is 0 Å². The zero-order valence-electron chi connectivity index (χ0n) is 11.8. The van der Waals surface area contributed by atoms with Gasteiger partial charge in [-0.3, -0.25) is 0 Å². The highest BCUT2D eigenvalue weighted by Crippen LogP contribution is 2.40. The van der Waals surface area contributed by atoms with Crippen LogP contribution in [0.3, 0.4) is 0 Å². The van der Waals surface area contributed by atoms with Crippen LogP contribution in [0.1, 0.15) is 29.6 Å². The maximum atomic E-state index is 6.26. The molecule has 0 aromatic heterocycles. The van der Waals surface area contributed by atoms with E-state index in [0.29, 0.717) is 6.04 Å². The van der Waals surface area contributed by atoms with Crippen molar-refractivity contribution in [3.63, 3.8) is 0 Å². The first-order chi connectivity index (χ1) is 10.3. The first kappa shape index (κ1) is 12.4. The average molecular weight is 274 g/mol. The second kappa shape index (κ2) is 4.90. The van der Waals surface area contributed by atoms with Crippen molar-refractivity contribution in [3.05, 3.63) is 77.9 Å². The molecule has 4 rings (SSSR count). The Morgan fingerprint density at radius 2 is 1.52 bits per heavy atom. The molecule has 3 N–H and O–H groups in total. The van der Waals surface area contributed by atoms with Crippen molar-refractivity contribution in [3.8, 4) is 0 Å². The minimum atomic E-state index is 0.133. The van der Waals surface area contributed by atoms with Crippen molar-refractivity contribution in [1.82, 2.24) is 0 Å². The molecule has 3 aromatic carbocycles. The average Bonchev–Trinajstić information content (AvgIpc) is 2.85. The fraction of sp³-hybridized carbons (Fsp3) is 0.158. The molecular weight excluding hydrogens is 256 g/mol. The first-order valence-corrected chi connectivity index (χ1v) is 7.41. The number of benzene rings is 3. The minimum Gasteiger partial charge on any atom is -0.378 e. The van der Waals surface area contributed by atoms with Crippen LogP contribution in [0.5, 0.6) is 0 Å². The molecule has 0 amide bonds. The fourth-order valence-corrected chi connectivity index (χ4v) is 3.35. The molecule has 2 atom stereocenters. The highest BCUT2D eigenvalue weighted by atomic mass is 14.9. The van der Waals surface area contributed by atoms with Gasteiger partial charge in [-0.2, -0.15) is 0 Å². The molecule has 1 aliphatic carbocycles. The lowest BCUT2D eigenvalue weighted by Crippen LogP contribution is -2.10. The summed E-state index contributed by atoms with van der Waals surface area (Å²) in [5.74, 6) is 0. The van der Waals surface area contributed by atoms with Crippen LogP contribution in [0.25, 0.3) is 10.8 Å². The van der Waals surface area contributed by atoms with Gasteiger partial charge in [0.05, 0.1) is 6.04 Å². The van der Waals surface area contributed by atoms with Crippen LogP contribution in [0.4, 0.5) is 5.69 Å². The van der Waals surface area contributed by atoms with E-state index >= 15 is 0 Å². The predicted octanol–water partition coefficient (Wildman–Crippen LogP) is 4.40. The number of nitrogens with one attached hydrogen (secondary N) is 1. The number of rotatable bonds is 2. The summed E-state index contributed by atoms with van der Waals surface area (Å²) in [6, 6.07) is 23.8. The van der Waals surface area contributed by atoms with Crippen molar-refractivity contribution in [2.45, 2.75) is 18.5 Å². The second-order valence-electron chi connectivity index (χ2n) is 5.69. The van der Waals surface area contributed by atoms with Crippen molar-refractivity contribution < 1.29 is 0 Å². The molecule has 2 heteroatoms. The number of nitrogens with two attached hydrogens (primary N) is 1. The summed E-state index contributed by atoms with van der Waals surface area (Å²) in [6.45, 7) is 0.